The number of nitrogens with one attached hydrogen (secondary N) is 2. The lowest BCUT2D eigenvalue weighted by Crippen LogP contribution is -2.02. The third-order valence-corrected chi connectivity index (χ3v) is 2.80. The Labute approximate surface area is 110 Å². The lowest BCUT2D eigenvalue weighted by Gasteiger charge is -2.13. The molecular formula is C12H14ClN3O2. The van der Waals surface area contributed by atoms with Crippen LogP contribution >= 0.6 is 11.6 Å². The van der Waals surface area contributed by atoms with Gasteiger partial charge in [-0.2, -0.15) is 5.10 Å². The molecule has 0 unspecified atom stereocenters. The van der Waals surface area contributed by atoms with Crippen molar-refractivity contribution in [2.75, 3.05) is 19.5 Å². The van der Waals surface area contributed by atoms with Crippen molar-refractivity contribution in [2.45, 2.75) is 6.54 Å². The number of hydrogen-bond acceptors (Lipinski definition) is 4. The first-order chi connectivity index (χ1) is 8.74. The zero-order chi connectivity index (χ0) is 13.0. The Morgan fingerprint density at radius 1 is 1.28 bits per heavy atom. The maximum atomic E-state index is 6.08. The van der Waals surface area contributed by atoms with Gasteiger partial charge in [-0.3, -0.25) is 5.10 Å². The summed E-state index contributed by atoms with van der Waals surface area (Å²) in [4.78, 5) is 0. The summed E-state index contributed by atoms with van der Waals surface area (Å²) in [6.07, 6.45) is 1.70. The van der Waals surface area contributed by atoms with Gasteiger partial charge in [0.05, 0.1) is 37.2 Å². The van der Waals surface area contributed by atoms with E-state index in [1.165, 1.54) is 0 Å². The summed E-state index contributed by atoms with van der Waals surface area (Å²) in [5.41, 5.74) is 1.78. The highest BCUT2D eigenvalue weighted by molar-refractivity contribution is 6.32. The number of anilines is 1. The molecule has 0 amide bonds. The van der Waals surface area contributed by atoms with E-state index in [-0.39, 0.29) is 0 Å². The fourth-order valence-corrected chi connectivity index (χ4v) is 1.81. The van der Waals surface area contributed by atoms with E-state index in [2.05, 4.69) is 15.5 Å². The Bertz CT molecular complexity index is 514. The molecule has 0 radical (unpaired) electrons. The van der Waals surface area contributed by atoms with Crippen molar-refractivity contribution in [1.29, 1.82) is 0 Å². The molecule has 96 valence electrons. The molecule has 5 nitrogen and oxygen atoms in total. The average molecular weight is 268 g/mol. The van der Waals surface area contributed by atoms with Gasteiger partial charge in [-0.25, -0.2) is 0 Å². The van der Waals surface area contributed by atoms with Crippen LogP contribution in [0, 0.1) is 0 Å². The van der Waals surface area contributed by atoms with Crippen LogP contribution < -0.4 is 14.8 Å². The van der Waals surface area contributed by atoms with Crippen LogP contribution in [0.1, 0.15) is 5.69 Å². The lowest BCUT2D eigenvalue weighted by atomic mass is 10.2. The van der Waals surface area contributed by atoms with Gasteiger partial charge in [0.25, 0.3) is 0 Å². The molecule has 0 atom stereocenters. The predicted octanol–water partition coefficient (Wildman–Crippen LogP) is 2.69. The van der Waals surface area contributed by atoms with Gasteiger partial charge in [0.15, 0.2) is 0 Å². The lowest BCUT2D eigenvalue weighted by molar-refractivity contribution is 0.395. The number of aromatic amines is 1. The van der Waals surface area contributed by atoms with Crippen molar-refractivity contribution in [1.82, 2.24) is 10.2 Å². The molecule has 0 bridgehead atoms. The van der Waals surface area contributed by atoms with Crippen LogP contribution in [0.5, 0.6) is 11.5 Å². The molecule has 2 aromatic rings. The first-order valence-corrected chi connectivity index (χ1v) is 5.76. The summed E-state index contributed by atoms with van der Waals surface area (Å²) < 4.78 is 10.4. The highest BCUT2D eigenvalue weighted by Gasteiger charge is 2.09. The molecule has 6 heteroatoms. The van der Waals surface area contributed by atoms with E-state index < -0.39 is 0 Å². The molecule has 1 heterocycles. The molecular weight excluding hydrogens is 254 g/mol. The molecule has 0 aliphatic heterocycles. The van der Waals surface area contributed by atoms with Crippen molar-refractivity contribution >= 4 is 17.3 Å². The van der Waals surface area contributed by atoms with Gasteiger partial charge in [0.2, 0.25) is 0 Å². The zero-order valence-corrected chi connectivity index (χ0v) is 10.9. The minimum Gasteiger partial charge on any atom is -0.495 e. The van der Waals surface area contributed by atoms with Crippen LogP contribution in [0.2, 0.25) is 5.02 Å². The largest absolute Gasteiger partial charge is 0.495 e. The van der Waals surface area contributed by atoms with Crippen LogP contribution in [-0.4, -0.2) is 24.4 Å². The van der Waals surface area contributed by atoms with Crippen LogP contribution in [0.3, 0.4) is 0 Å². The Morgan fingerprint density at radius 2 is 2.06 bits per heavy atom. The first-order valence-electron chi connectivity index (χ1n) is 5.38. The van der Waals surface area contributed by atoms with Gasteiger partial charge in [-0.1, -0.05) is 11.6 Å². The molecule has 0 fully saturated rings. The summed E-state index contributed by atoms with van der Waals surface area (Å²) in [7, 11) is 3.17. The summed E-state index contributed by atoms with van der Waals surface area (Å²) in [5, 5.41) is 10.5. The number of aromatic nitrogens is 2. The molecule has 18 heavy (non-hydrogen) atoms. The maximum absolute atomic E-state index is 6.08. The van der Waals surface area contributed by atoms with Crippen LogP contribution in [-0.2, 0) is 6.54 Å². The highest BCUT2D eigenvalue weighted by Crippen LogP contribution is 2.35. The number of H-pyrrole nitrogens is 1. The SMILES string of the molecule is COc1cc(OC)c(NCc2ccn[nH]2)cc1Cl. The van der Waals surface area contributed by atoms with E-state index in [0.717, 1.165) is 11.4 Å². The van der Waals surface area contributed by atoms with E-state index in [9.17, 15) is 0 Å². The van der Waals surface area contributed by atoms with Gasteiger partial charge in [-0.15, -0.1) is 0 Å². The normalized spacial score (nSPS) is 10.2. The Kier molecular flexibility index (Phi) is 3.94. The number of hydrogen-bond donors (Lipinski definition) is 2. The van der Waals surface area contributed by atoms with Crippen molar-refractivity contribution in [3.63, 3.8) is 0 Å². The number of benzene rings is 1. The van der Waals surface area contributed by atoms with Crippen LogP contribution in [0.4, 0.5) is 5.69 Å². The Balaban J connectivity index is 2.18. The molecule has 1 aromatic heterocycles. The molecule has 0 aliphatic carbocycles. The van der Waals surface area contributed by atoms with Crippen molar-refractivity contribution in [3.05, 3.63) is 35.1 Å². The molecule has 1 aromatic carbocycles. The second-order valence-corrected chi connectivity index (χ2v) is 4.03. The van der Waals surface area contributed by atoms with Gasteiger partial charge < -0.3 is 14.8 Å². The summed E-state index contributed by atoms with van der Waals surface area (Å²) >= 11 is 6.08. The second-order valence-electron chi connectivity index (χ2n) is 3.62. The quantitative estimate of drug-likeness (QED) is 0.874. The molecule has 2 rings (SSSR count). The van der Waals surface area contributed by atoms with E-state index >= 15 is 0 Å². The Morgan fingerprint density at radius 3 is 2.67 bits per heavy atom. The molecule has 0 spiro atoms. The van der Waals surface area contributed by atoms with Gasteiger partial charge in [0.1, 0.15) is 11.5 Å². The van der Waals surface area contributed by atoms with E-state index in [1.54, 1.807) is 32.5 Å². The van der Waals surface area contributed by atoms with E-state index in [1.807, 2.05) is 6.07 Å². The minimum absolute atomic E-state index is 0.533. The third-order valence-electron chi connectivity index (χ3n) is 2.50. The number of ether oxygens (including phenoxy) is 2. The summed E-state index contributed by atoms with van der Waals surface area (Å²) in [6.45, 7) is 0.610. The second kappa shape index (κ2) is 5.64. The van der Waals surface area contributed by atoms with Crippen molar-refractivity contribution < 1.29 is 9.47 Å². The first kappa shape index (κ1) is 12.6. The van der Waals surface area contributed by atoms with Crippen LogP contribution in [0.15, 0.2) is 24.4 Å². The van der Waals surface area contributed by atoms with Crippen molar-refractivity contribution in [3.8, 4) is 11.5 Å². The number of nitrogens with zero attached hydrogens (tertiary/aromatic N) is 1. The topological polar surface area (TPSA) is 59.2 Å². The van der Waals surface area contributed by atoms with E-state index in [4.69, 9.17) is 21.1 Å². The van der Waals surface area contributed by atoms with E-state index in [0.29, 0.717) is 23.1 Å². The Hall–Kier alpha value is -1.88. The monoisotopic (exact) mass is 267 g/mol. The zero-order valence-electron chi connectivity index (χ0n) is 10.2. The predicted molar refractivity (Wildman–Crippen MR) is 70.5 cm³/mol. The van der Waals surface area contributed by atoms with Crippen LogP contribution in [0.25, 0.3) is 0 Å². The summed E-state index contributed by atoms with van der Waals surface area (Å²) in [6, 6.07) is 5.41. The number of rotatable bonds is 5. The van der Waals surface area contributed by atoms with Crippen molar-refractivity contribution in [2.24, 2.45) is 0 Å². The molecule has 0 saturated heterocycles. The standard InChI is InChI=1S/C12H14ClN3O2/c1-17-11-6-12(18-2)10(5-9(11)13)14-7-8-3-4-15-16-8/h3-6,14H,7H2,1-2H3,(H,15,16). The molecule has 2 N–H and O–H groups in total. The molecule has 0 aliphatic rings. The van der Waals surface area contributed by atoms with Gasteiger partial charge in [-0.05, 0) is 12.1 Å². The number of halogens is 1. The minimum atomic E-state index is 0.533. The fraction of sp³-hybridized carbons (Fsp3) is 0.250. The van der Waals surface area contributed by atoms with Gasteiger partial charge >= 0.3 is 0 Å². The molecule has 0 saturated carbocycles. The average Bonchev–Trinajstić information content (AvgIpc) is 2.89. The third kappa shape index (κ3) is 2.68. The highest BCUT2D eigenvalue weighted by atomic mass is 35.5. The maximum Gasteiger partial charge on any atom is 0.145 e. The van der Waals surface area contributed by atoms with Gasteiger partial charge in [0, 0.05) is 12.3 Å². The summed E-state index contributed by atoms with van der Waals surface area (Å²) in [5.74, 6) is 1.26. The number of methoxy groups -OCH3 is 2. The smallest absolute Gasteiger partial charge is 0.145 e. The fourth-order valence-electron chi connectivity index (χ4n) is 1.57.